The Hall–Kier alpha value is -0.800. The first-order valence-electron chi connectivity index (χ1n) is 4.13. The van der Waals surface area contributed by atoms with E-state index in [1.54, 1.807) is 12.1 Å². The molecule has 0 radical (unpaired) electrons. The van der Waals surface area contributed by atoms with Gasteiger partial charge in [0.25, 0.3) is 0 Å². The number of anilines is 1. The molecule has 4 heteroatoms. The van der Waals surface area contributed by atoms with Crippen molar-refractivity contribution in [2.45, 2.75) is 6.42 Å². The number of hydrogen-bond donors (Lipinski definition) is 2. The number of rotatable bonds is 4. The molecule has 0 aromatic heterocycles. The standard InChI is InChI=1S/C9H12ClFN2/c10-9-7(11)3-1-4-8(9)13-6-2-5-12/h1,3-4,13H,2,5-6,12H2. The molecule has 0 bridgehead atoms. The van der Waals surface area contributed by atoms with Gasteiger partial charge in [-0.1, -0.05) is 17.7 Å². The second kappa shape index (κ2) is 5.04. The van der Waals surface area contributed by atoms with Gasteiger partial charge in [-0.3, -0.25) is 0 Å². The van der Waals surface area contributed by atoms with E-state index in [0.29, 0.717) is 18.8 Å². The fourth-order valence-corrected chi connectivity index (χ4v) is 1.16. The lowest BCUT2D eigenvalue weighted by Gasteiger charge is -2.07. The van der Waals surface area contributed by atoms with Crippen LogP contribution in [0.1, 0.15) is 6.42 Å². The molecule has 0 aliphatic heterocycles. The zero-order valence-electron chi connectivity index (χ0n) is 7.19. The summed E-state index contributed by atoms with van der Waals surface area (Å²) in [5, 5.41) is 3.14. The van der Waals surface area contributed by atoms with E-state index in [4.69, 9.17) is 17.3 Å². The van der Waals surface area contributed by atoms with Gasteiger partial charge in [-0.25, -0.2) is 4.39 Å². The Balaban J connectivity index is 2.61. The Morgan fingerprint density at radius 2 is 2.23 bits per heavy atom. The molecule has 0 amide bonds. The van der Waals surface area contributed by atoms with E-state index < -0.39 is 5.82 Å². The summed E-state index contributed by atoms with van der Waals surface area (Å²) in [6.45, 7) is 1.32. The van der Waals surface area contributed by atoms with Crippen molar-refractivity contribution in [2.24, 2.45) is 5.73 Å². The van der Waals surface area contributed by atoms with Crippen LogP contribution in [0, 0.1) is 5.82 Å². The molecular formula is C9H12ClFN2. The number of halogens is 2. The number of benzene rings is 1. The molecule has 2 nitrogen and oxygen atoms in total. The highest BCUT2D eigenvalue weighted by Crippen LogP contribution is 2.24. The van der Waals surface area contributed by atoms with Crippen molar-refractivity contribution in [3.05, 3.63) is 29.0 Å². The lowest BCUT2D eigenvalue weighted by atomic mass is 10.3. The summed E-state index contributed by atoms with van der Waals surface area (Å²) in [7, 11) is 0. The zero-order chi connectivity index (χ0) is 9.68. The Bertz CT molecular complexity index is 278. The first kappa shape index (κ1) is 10.3. The van der Waals surface area contributed by atoms with Crippen LogP contribution >= 0.6 is 11.6 Å². The summed E-state index contributed by atoms with van der Waals surface area (Å²) in [4.78, 5) is 0. The van der Waals surface area contributed by atoms with Crippen molar-refractivity contribution in [3.8, 4) is 0 Å². The highest BCUT2D eigenvalue weighted by atomic mass is 35.5. The van der Waals surface area contributed by atoms with Gasteiger partial charge >= 0.3 is 0 Å². The summed E-state index contributed by atoms with van der Waals surface area (Å²) in [6, 6.07) is 4.68. The smallest absolute Gasteiger partial charge is 0.143 e. The Morgan fingerprint density at radius 3 is 2.92 bits per heavy atom. The highest BCUT2D eigenvalue weighted by molar-refractivity contribution is 6.33. The van der Waals surface area contributed by atoms with E-state index in [9.17, 15) is 4.39 Å². The molecule has 0 saturated carbocycles. The van der Waals surface area contributed by atoms with Crippen molar-refractivity contribution in [3.63, 3.8) is 0 Å². The predicted octanol–water partition coefficient (Wildman–Crippen LogP) is 2.24. The van der Waals surface area contributed by atoms with Crippen LogP contribution in [0.5, 0.6) is 0 Å². The van der Waals surface area contributed by atoms with Crippen LogP contribution in [0.25, 0.3) is 0 Å². The molecule has 0 saturated heterocycles. The Kier molecular flexibility index (Phi) is 3.99. The molecule has 13 heavy (non-hydrogen) atoms. The van der Waals surface area contributed by atoms with Gasteiger partial charge in [0.1, 0.15) is 5.82 Å². The van der Waals surface area contributed by atoms with E-state index in [0.717, 1.165) is 6.42 Å². The van der Waals surface area contributed by atoms with Crippen LogP contribution in [-0.4, -0.2) is 13.1 Å². The third-order valence-corrected chi connectivity index (χ3v) is 2.03. The van der Waals surface area contributed by atoms with E-state index in [2.05, 4.69) is 5.32 Å². The summed E-state index contributed by atoms with van der Waals surface area (Å²) >= 11 is 5.70. The third-order valence-electron chi connectivity index (χ3n) is 1.65. The maximum Gasteiger partial charge on any atom is 0.143 e. The van der Waals surface area contributed by atoms with E-state index in [-0.39, 0.29) is 5.02 Å². The molecule has 0 fully saturated rings. The molecule has 0 heterocycles. The topological polar surface area (TPSA) is 38.0 Å². The van der Waals surface area contributed by atoms with Crippen molar-refractivity contribution in [2.75, 3.05) is 18.4 Å². The van der Waals surface area contributed by atoms with Crippen LogP contribution in [0.4, 0.5) is 10.1 Å². The Morgan fingerprint density at radius 1 is 1.46 bits per heavy atom. The monoisotopic (exact) mass is 202 g/mol. The summed E-state index contributed by atoms with van der Waals surface area (Å²) in [6.07, 6.45) is 0.840. The molecule has 0 aliphatic rings. The molecular weight excluding hydrogens is 191 g/mol. The minimum Gasteiger partial charge on any atom is -0.384 e. The average molecular weight is 203 g/mol. The third kappa shape index (κ3) is 2.86. The Labute approximate surface area is 81.9 Å². The molecule has 3 N–H and O–H groups in total. The first-order valence-corrected chi connectivity index (χ1v) is 4.51. The molecule has 0 spiro atoms. The quantitative estimate of drug-likeness (QED) is 0.735. The summed E-state index contributed by atoms with van der Waals surface area (Å²) < 4.78 is 12.9. The van der Waals surface area contributed by atoms with Gasteiger partial charge < -0.3 is 11.1 Å². The van der Waals surface area contributed by atoms with Crippen LogP contribution in [0.3, 0.4) is 0 Å². The maximum absolute atomic E-state index is 12.9. The van der Waals surface area contributed by atoms with Crippen molar-refractivity contribution in [1.82, 2.24) is 0 Å². The molecule has 72 valence electrons. The van der Waals surface area contributed by atoms with E-state index >= 15 is 0 Å². The molecule has 0 unspecified atom stereocenters. The van der Waals surface area contributed by atoms with Gasteiger partial charge in [0.2, 0.25) is 0 Å². The van der Waals surface area contributed by atoms with E-state index in [1.165, 1.54) is 6.07 Å². The van der Waals surface area contributed by atoms with Gasteiger partial charge in [0.15, 0.2) is 0 Å². The predicted molar refractivity (Wildman–Crippen MR) is 53.6 cm³/mol. The average Bonchev–Trinajstić information content (AvgIpc) is 2.13. The van der Waals surface area contributed by atoms with E-state index in [1.807, 2.05) is 0 Å². The second-order valence-electron chi connectivity index (χ2n) is 2.67. The number of hydrogen-bond acceptors (Lipinski definition) is 2. The highest BCUT2D eigenvalue weighted by Gasteiger charge is 2.03. The van der Waals surface area contributed by atoms with Crippen LogP contribution in [0.15, 0.2) is 18.2 Å². The number of nitrogens with two attached hydrogens (primary N) is 1. The van der Waals surface area contributed by atoms with Gasteiger partial charge in [-0.05, 0) is 25.1 Å². The molecule has 1 aromatic rings. The second-order valence-corrected chi connectivity index (χ2v) is 3.05. The van der Waals surface area contributed by atoms with Crippen molar-refractivity contribution < 1.29 is 4.39 Å². The van der Waals surface area contributed by atoms with Crippen molar-refractivity contribution >= 4 is 17.3 Å². The maximum atomic E-state index is 12.9. The normalized spacial score (nSPS) is 10.1. The minimum absolute atomic E-state index is 0.138. The number of nitrogens with one attached hydrogen (secondary N) is 1. The van der Waals surface area contributed by atoms with Gasteiger partial charge in [-0.15, -0.1) is 0 Å². The fraction of sp³-hybridized carbons (Fsp3) is 0.333. The van der Waals surface area contributed by atoms with Crippen LogP contribution < -0.4 is 11.1 Å². The lowest BCUT2D eigenvalue weighted by molar-refractivity contribution is 0.628. The zero-order valence-corrected chi connectivity index (χ0v) is 7.94. The van der Waals surface area contributed by atoms with Gasteiger partial charge in [-0.2, -0.15) is 0 Å². The lowest BCUT2D eigenvalue weighted by Crippen LogP contribution is -2.08. The van der Waals surface area contributed by atoms with Crippen molar-refractivity contribution in [1.29, 1.82) is 0 Å². The molecule has 0 atom stereocenters. The largest absolute Gasteiger partial charge is 0.384 e. The van der Waals surface area contributed by atoms with Crippen LogP contribution in [-0.2, 0) is 0 Å². The molecule has 0 aliphatic carbocycles. The summed E-state index contributed by atoms with van der Waals surface area (Å²) in [5.74, 6) is -0.403. The summed E-state index contributed by atoms with van der Waals surface area (Å²) in [5.41, 5.74) is 5.93. The molecule has 1 aromatic carbocycles. The molecule has 1 rings (SSSR count). The SMILES string of the molecule is NCCCNc1cccc(F)c1Cl. The van der Waals surface area contributed by atoms with Gasteiger partial charge in [0, 0.05) is 6.54 Å². The minimum atomic E-state index is -0.403. The first-order chi connectivity index (χ1) is 6.25. The fourth-order valence-electron chi connectivity index (χ4n) is 0.965. The van der Waals surface area contributed by atoms with Crippen LogP contribution in [0.2, 0.25) is 5.02 Å². The van der Waals surface area contributed by atoms with Gasteiger partial charge in [0.05, 0.1) is 10.7 Å².